The van der Waals surface area contributed by atoms with E-state index in [1.807, 2.05) is 25.1 Å². The van der Waals surface area contributed by atoms with Gasteiger partial charge in [-0.05, 0) is 80.6 Å². The number of piperidine rings is 1. The SMILES string of the molecule is CC[C@@H](Oc1ccc(C)c(C)c1)C(=O)NCc1cccc(CN2CCCCC2)c1. The van der Waals surface area contributed by atoms with Crippen molar-refractivity contribution in [3.8, 4) is 5.75 Å². The lowest BCUT2D eigenvalue weighted by atomic mass is 10.1. The first-order chi connectivity index (χ1) is 14.0. The van der Waals surface area contributed by atoms with E-state index < -0.39 is 6.10 Å². The quantitative estimate of drug-likeness (QED) is 0.702. The van der Waals surface area contributed by atoms with Crippen LogP contribution in [0.15, 0.2) is 42.5 Å². The maximum Gasteiger partial charge on any atom is 0.261 e. The van der Waals surface area contributed by atoms with Crippen molar-refractivity contribution in [1.29, 1.82) is 0 Å². The van der Waals surface area contributed by atoms with Crippen LogP contribution in [0, 0.1) is 13.8 Å². The summed E-state index contributed by atoms with van der Waals surface area (Å²) < 4.78 is 5.96. The van der Waals surface area contributed by atoms with Crippen molar-refractivity contribution in [2.75, 3.05) is 13.1 Å². The lowest BCUT2D eigenvalue weighted by molar-refractivity contribution is -0.128. The molecule has 1 fully saturated rings. The number of amides is 1. The molecule has 1 heterocycles. The predicted molar refractivity (Wildman–Crippen MR) is 118 cm³/mol. The Morgan fingerprint density at radius 3 is 2.52 bits per heavy atom. The molecular weight excluding hydrogens is 360 g/mol. The molecule has 1 N–H and O–H groups in total. The van der Waals surface area contributed by atoms with E-state index in [4.69, 9.17) is 4.74 Å². The number of hydrogen-bond acceptors (Lipinski definition) is 3. The monoisotopic (exact) mass is 394 g/mol. The number of carbonyl (C=O) groups is 1. The Morgan fingerprint density at radius 1 is 1.03 bits per heavy atom. The molecule has 1 saturated heterocycles. The maximum atomic E-state index is 12.7. The van der Waals surface area contributed by atoms with Gasteiger partial charge in [0.15, 0.2) is 6.10 Å². The van der Waals surface area contributed by atoms with Crippen LogP contribution in [0.5, 0.6) is 5.75 Å². The van der Waals surface area contributed by atoms with Crippen LogP contribution in [0.3, 0.4) is 0 Å². The molecular formula is C25H34N2O2. The summed E-state index contributed by atoms with van der Waals surface area (Å²) in [7, 11) is 0. The third-order valence-corrected chi connectivity index (χ3v) is 5.73. The molecule has 4 nitrogen and oxygen atoms in total. The van der Waals surface area contributed by atoms with Crippen molar-refractivity contribution >= 4 is 5.91 Å². The highest BCUT2D eigenvalue weighted by Crippen LogP contribution is 2.19. The zero-order chi connectivity index (χ0) is 20.6. The average Bonchev–Trinajstić information content (AvgIpc) is 2.74. The summed E-state index contributed by atoms with van der Waals surface area (Å²) in [6.45, 7) is 10.0. The molecule has 3 rings (SSSR count). The number of hydrogen-bond donors (Lipinski definition) is 1. The first-order valence-electron chi connectivity index (χ1n) is 10.9. The zero-order valence-corrected chi connectivity index (χ0v) is 18.0. The summed E-state index contributed by atoms with van der Waals surface area (Å²) in [4.78, 5) is 15.2. The average molecular weight is 395 g/mol. The second kappa shape index (κ2) is 10.4. The van der Waals surface area contributed by atoms with E-state index in [2.05, 4.69) is 48.3 Å². The van der Waals surface area contributed by atoms with Crippen LogP contribution in [-0.2, 0) is 17.9 Å². The van der Waals surface area contributed by atoms with Crippen LogP contribution in [-0.4, -0.2) is 30.0 Å². The van der Waals surface area contributed by atoms with E-state index in [1.165, 1.54) is 49.0 Å². The standard InChI is InChI=1S/C25H34N2O2/c1-4-24(29-23-12-11-19(2)20(3)15-23)25(28)26-17-21-9-8-10-22(16-21)18-27-13-6-5-7-14-27/h8-12,15-16,24H,4-7,13-14,17-18H2,1-3H3,(H,26,28)/t24-/m1/s1. The summed E-state index contributed by atoms with van der Waals surface area (Å²) in [6, 6.07) is 14.5. The largest absolute Gasteiger partial charge is 0.481 e. The van der Waals surface area contributed by atoms with Gasteiger partial charge in [0.1, 0.15) is 5.75 Å². The summed E-state index contributed by atoms with van der Waals surface area (Å²) >= 11 is 0. The third-order valence-electron chi connectivity index (χ3n) is 5.73. The van der Waals surface area contributed by atoms with Crippen LogP contribution in [0.1, 0.15) is 54.9 Å². The summed E-state index contributed by atoms with van der Waals surface area (Å²) in [5.41, 5.74) is 4.84. The van der Waals surface area contributed by atoms with Gasteiger partial charge in [-0.25, -0.2) is 0 Å². The molecule has 0 aliphatic carbocycles. The first kappa shape index (κ1) is 21.4. The molecule has 0 unspecified atom stereocenters. The fraction of sp³-hybridized carbons (Fsp3) is 0.480. The van der Waals surface area contributed by atoms with Gasteiger partial charge in [0.25, 0.3) is 5.91 Å². The molecule has 4 heteroatoms. The minimum atomic E-state index is -0.478. The lowest BCUT2D eigenvalue weighted by Gasteiger charge is -2.26. The third kappa shape index (κ3) is 6.33. The van der Waals surface area contributed by atoms with Gasteiger partial charge in [-0.1, -0.05) is 43.7 Å². The lowest BCUT2D eigenvalue weighted by Crippen LogP contribution is -2.37. The molecule has 29 heavy (non-hydrogen) atoms. The number of ether oxygens (including phenoxy) is 1. The van der Waals surface area contributed by atoms with Crippen LogP contribution in [0.4, 0.5) is 0 Å². The maximum absolute atomic E-state index is 12.7. The molecule has 1 aliphatic heterocycles. The van der Waals surface area contributed by atoms with Gasteiger partial charge in [-0.2, -0.15) is 0 Å². The Bertz CT molecular complexity index is 812. The number of nitrogens with zero attached hydrogens (tertiary/aromatic N) is 1. The minimum absolute atomic E-state index is 0.0628. The van der Waals surface area contributed by atoms with E-state index in [9.17, 15) is 4.79 Å². The van der Waals surface area contributed by atoms with Gasteiger partial charge < -0.3 is 10.1 Å². The van der Waals surface area contributed by atoms with Crippen molar-refractivity contribution in [3.63, 3.8) is 0 Å². The van der Waals surface area contributed by atoms with E-state index in [0.29, 0.717) is 13.0 Å². The Labute approximate surface area is 175 Å². The molecule has 1 amide bonds. The highest BCUT2D eigenvalue weighted by molar-refractivity contribution is 5.81. The topological polar surface area (TPSA) is 41.6 Å². The number of benzene rings is 2. The Kier molecular flexibility index (Phi) is 7.70. The fourth-order valence-corrected chi connectivity index (χ4v) is 3.79. The van der Waals surface area contributed by atoms with Gasteiger partial charge in [0, 0.05) is 13.1 Å². The Balaban J connectivity index is 1.54. The molecule has 1 aliphatic rings. The molecule has 156 valence electrons. The van der Waals surface area contributed by atoms with Crippen molar-refractivity contribution in [2.45, 2.75) is 65.6 Å². The van der Waals surface area contributed by atoms with Gasteiger partial charge in [-0.15, -0.1) is 0 Å². The van der Waals surface area contributed by atoms with Crippen molar-refractivity contribution in [3.05, 3.63) is 64.7 Å². The fourth-order valence-electron chi connectivity index (χ4n) is 3.79. The molecule has 0 radical (unpaired) electrons. The molecule has 1 atom stereocenters. The van der Waals surface area contributed by atoms with Crippen LogP contribution < -0.4 is 10.1 Å². The van der Waals surface area contributed by atoms with E-state index in [-0.39, 0.29) is 5.91 Å². The molecule has 2 aromatic carbocycles. The number of aryl methyl sites for hydroxylation is 2. The minimum Gasteiger partial charge on any atom is -0.481 e. The molecule has 0 saturated carbocycles. The first-order valence-corrected chi connectivity index (χ1v) is 10.9. The van der Waals surface area contributed by atoms with Crippen LogP contribution >= 0.6 is 0 Å². The van der Waals surface area contributed by atoms with Crippen molar-refractivity contribution < 1.29 is 9.53 Å². The van der Waals surface area contributed by atoms with E-state index in [0.717, 1.165) is 17.9 Å². The van der Waals surface area contributed by atoms with Crippen molar-refractivity contribution in [1.82, 2.24) is 10.2 Å². The molecule has 0 spiro atoms. The second-order valence-corrected chi connectivity index (χ2v) is 8.14. The van der Waals surface area contributed by atoms with Crippen LogP contribution in [0.2, 0.25) is 0 Å². The molecule has 0 bridgehead atoms. The highest BCUT2D eigenvalue weighted by Gasteiger charge is 2.18. The van der Waals surface area contributed by atoms with E-state index >= 15 is 0 Å². The zero-order valence-electron chi connectivity index (χ0n) is 18.0. The summed E-state index contributed by atoms with van der Waals surface area (Å²) in [5.74, 6) is 0.686. The summed E-state index contributed by atoms with van der Waals surface area (Å²) in [5, 5.41) is 3.05. The smallest absolute Gasteiger partial charge is 0.261 e. The second-order valence-electron chi connectivity index (χ2n) is 8.14. The number of likely N-dealkylation sites (tertiary alicyclic amines) is 1. The Morgan fingerprint density at radius 2 is 1.79 bits per heavy atom. The molecule has 0 aromatic heterocycles. The van der Waals surface area contributed by atoms with Crippen LogP contribution in [0.25, 0.3) is 0 Å². The molecule has 2 aromatic rings. The van der Waals surface area contributed by atoms with Gasteiger partial charge in [0.05, 0.1) is 0 Å². The van der Waals surface area contributed by atoms with Gasteiger partial charge in [0.2, 0.25) is 0 Å². The number of carbonyl (C=O) groups excluding carboxylic acids is 1. The van der Waals surface area contributed by atoms with E-state index in [1.54, 1.807) is 0 Å². The van der Waals surface area contributed by atoms with Gasteiger partial charge >= 0.3 is 0 Å². The van der Waals surface area contributed by atoms with Gasteiger partial charge in [-0.3, -0.25) is 9.69 Å². The predicted octanol–water partition coefficient (Wildman–Crippen LogP) is 4.76. The highest BCUT2D eigenvalue weighted by atomic mass is 16.5. The number of rotatable bonds is 8. The summed E-state index contributed by atoms with van der Waals surface area (Å²) in [6.07, 6.45) is 4.11. The Hall–Kier alpha value is -2.33. The van der Waals surface area contributed by atoms with Crippen molar-refractivity contribution in [2.24, 2.45) is 0 Å². The number of nitrogens with one attached hydrogen (secondary N) is 1. The normalized spacial score (nSPS) is 15.7.